The predicted molar refractivity (Wildman–Crippen MR) is 89.3 cm³/mol. The number of ether oxygens (including phenoxy) is 1. The zero-order chi connectivity index (χ0) is 15.2. The second kappa shape index (κ2) is 7.69. The normalized spacial score (nSPS) is 12.2. The number of hydrogen-bond donors (Lipinski definition) is 1. The van der Waals surface area contributed by atoms with Gasteiger partial charge in [0, 0.05) is 12.6 Å². The highest BCUT2D eigenvalue weighted by atomic mass is 35.5. The number of hydrogen-bond acceptors (Lipinski definition) is 2. The van der Waals surface area contributed by atoms with E-state index in [9.17, 15) is 0 Å². The number of rotatable bonds is 6. The molecule has 0 heterocycles. The fraction of sp³-hybridized carbons (Fsp3) is 0.294. The lowest BCUT2D eigenvalue weighted by molar-refractivity contribution is 0.340. The molecule has 0 bridgehead atoms. The summed E-state index contributed by atoms with van der Waals surface area (Å²) < 4.78 is 5.43. The molecule has 1 N–H and O–H groups in total. The second-order valence-corrected chi connectivity index (χ2v) is 5.65. The van der Waals surface area contributed by atoms with Gasteiger partial charge in [-0.2, -0.15) is 0 Å². The van der Waals surface area contributed by atoms with Crippen molar-refractivity contribution >= 4 is 23.2 Å². The van der Waals surface area contributed by atoms with Crippen LogP contribution in [0.4, 0.5) is 0 Å². The first kappa shape index (κ1) is 16.2. The number of nitrogens with one attached hydrogen (secondary N) is 1. The Morgan fingerprint density at radius 2 is 1.71 bits per heavy atom. The highest BCUT2D eigenvalue weighted by Gasteiger charge is 2.10. The molecule has 0 unspecified atom stereocenters. The van der Waals surface area contributed by atoms with Gasteiger partial charge in [0.15, 0.2) is 5.75 Å². The maximum Gasteiger partial charge on any atom is 0.156 e. The average molecular weight is 324 g/mol. The molecule has 0 saturated heterocycles. The van der Waals surface area contributed by atoms with Crippen LogP contribution in [0.2, 0.25) is 10.0 Å². The third kappa shape index (κ3) is 4.37. The molecule has 2 nitrogen and oxygen atoms in total. The first-order valence-corrected chi connectivity index (χ1v) is 7.76. The van der Waals surface area contributed by atoms with Crippen LogP contribution in [-0.4, -0.2) is 6.61 Å². The Bertz CT molecular complexity index is 564. The van der Waals surface area contributed by atoms with E-state index < -0.39 is 0 Å². The van der Waals surface area contributed by atoms with E-state index in [2.05, 4.69) is 24.4 Å². The molecular weight excluding hydrogens is 305 g/mol. The lowest BCUT2D eigenvalue weighted by atomic mass is 10.1. The smallest absolute Gasteiger partial charge is 0.156 e. The minimum Gasteiger partial charge on any atom is -0.491 e. The molecule has 1 atom stereocenters. The Morgan fingerprint density at radius 1 is 1.10 bits per heavy atom. The summed E-state index contributed by atoms with van der Waals surface area (Å²) in [7, 11) is 0. The van der Waals surface area contributed by atoms with Gasteiger partial charge < -0.3 is 10.1 Å². The quantitative estimate of drug-likeness (QED) is 0.784. The lowest BCUT2D eigenvalue weighted by Gasteiger charge is -2.15. The fourth-order valence-corrected chi connectivity index (χ4v) is 2.77. The van der Waals surface area contributed by atoms with Gasteiger partial charge in [0.25, 0.3) is 0 Å². The standard InChI is InChI=1S/C17H19Cl2NO/c1-3-21-17-15(18)9-13(10-16(17)19)11-20-12(2)14-7-5-4-6-8-14/h4-10,12,20H,3,11H2,1-2H3/t12-/m0/s1. The summed E-state index contributed by atoms with van der Waals surface area (Å²) in [5, 5.41) is 4.56. The first-order chi connectivity index (χ1) is 10.1. The summed E-state index contributed by atoms with van der Waals surface area (Å²) in [5.74, 6) is 0.556. The van der Waals surface area contributed by atoms with E-state index in [-0.39, 0.29) is 6.04 Å². The summed E-state index contributed by atoms with van der Waals surface area (Å²) >= 11 is 12.4. The first-order valence-electron chi connectivity index (χ1n) is 7.01. The van der Waals surface area contributed by atoms with E-state index in [4.69, 9.17) is 27.9 Å². The minimum absolute atomic E-state index is 0.260. The van der Waals surface area contributed by atoms with Crippen LogP contribution >= 0.6 is 23.2 Å². The van der Waals surface area contributed by atoms with Gasteiger partial charge in [-0.15, -0.1) is 0 Å². The fourth-order valence-electron chi connectivity index (χ4n) is 2.13. The van der Waals surface area contributed by atoms with E-state index in [0.717, 1.165) is 5.56 Å². The second-order valence-electron chi connectivity index (χ2n) is 4.83. The van der Waals surface area contributed by atoms with Crippen molar-refractivity contribution in [3.63, 3.8) is 0 Å². The SMILES string of the molecule is CCOc1c(Cl)cc(CN[C@@H](C)c2ccccc2)cc1Cl. The molecule has 0 spiro atoms. The van der Waals surface area contributed by atoms with Crippen molar-refractivity contribution in [2.45, 2.75) is 26.4 Å². The third-order valence-corrected chi connectivity index (χ3v) is 3.82. The number of halogens is 2. The van der Waals surface area contributed by atoms with Gasteiger partial charge in [-0.05, 0) is 37.1 Å². The summed E-state index contributed by atoms with van der Waals surface area (Å²) in [6.45, 7) is 5.28. The van der Waals surface area contributed by atoms with Crippen molar-refractivity contribution in [3.05, 3.63) is 63.6 Å². The Labute approximate surface area is 136 Å². The van der Waals surface area contributed by atoms with E-state index in [1.807, 2.05) is 37.3 Å². The molecule has 2 aromatic carbocycles. The Balaban J connectivity index is 2.04. The van der Waals surface area contributed by atoms with E-state index in [0.29, 0.717) is 28.9 Å². The van der Waals surface area contributed by atoms with Crippen LogP contribution in [0.15, 0.2) is 42.5 Å². The summed E-state index contributed by atoms with van der Waals surface area (Å²) in [5.41, 5.74) is 2.29. The Morgan fingerprint density at radius 3 is 2.29 bits per heavy atom. The molecular formula is C17H19Cl2NO. The van der Waals surface area contributed by atoms with Crippen molar-refractivity contribution < 1.29 is 4.74 Å². The molecule has 0 fully saturated rings. The van der Waals surface area contributed by atoms with Crippen molar-refractivity contribution in [1.29, 1.82) is 0 Å². The van der Waals surface area contributed by atoms with Gasteiger partial charge in [-0.1, -0.05) is 53.5 Å². The monoisotopic (exact) mass is 323 g/mol. The highest BCUT2D eigenvalue weighted by Crippen LogP contribution is 2.34. The molecule has 21 heavy (non-hydrogen) atoms. The van der Waals surface area contributed by atoms with Crippen LogP contribution in [0.3, 0.4) is 0 Å². The van der Waals surface area contributed by atoms with Crippen LogP contribution in [0.25, 0.3) is 0 Å². The Kier molecular flexibility index (Phi) is 5.92. The average Bonchev–Trinajstić information content (AvgIpc) is 2.49. The molecule has 4 heteroatoms. The van der Waals surface area contributed by atoms with Crippen LogP contribution in [0.5, 0.6) is 5.75 Å². The maximum absolute atomic E-state index is 6.21. The number of benzene rings is 2. The van der Waals surface area contributed by atoms with Crippen LogP contribution in [0.1, 0.15) is 31.0 Å². The zero-order valence-electron chi connectivity index (χ0n) is 12.2. The summed E-state index contributed by atoms with van der Waals surface area (Å²) in [4.78, 5) is 0. The van der Waals surface area contributed by atoms with Crippen molar-refractivity contribution in [3.8, 4) is 5.75 Å². The van der Waals surface area contributed by atoms with Gasteiger partial charge in [-0.25, -0.2) is 0 Å². The van der Waals surface area contributed by atoms with Gasteiger partial charge in [-0.3, -0.25) is 0 Å². The van der Waals surface area contributed by atoms with Gasteiger partial charge in [0.05, 0.1) is 16.7 Å². The molecule has 0 aliphatic carbocycles. The zero-order valence-corrected chi connectivity index (χ0v) is 13.7. The lowest BCUT2D eigenvalue weighted by Crippen LogP contribution is -2.18. The van der Waals surface area contributed by atoms with Crippen LogP contribution < -0.4 is 10.1 Å². The van der Waals surface area contributed by atoms with Gasteiger partial charge in [0.1, 0.15) is 0 Å². The van der Waals surface area contributed by atoms with E-state index >= 15 is 0 Å². The largest absolute Gasteiger partial charge is 0.491 e. The predicted octanol–water partition coefficient (Wildman–Crippen LogP) is 5.24. The summed E-state index contributed by atoms with van der Waals surface area (Å²) in [6, 6.07) is 14.4. The van der Waals surface area contributed by atoms with E-state index in [1.54, 1.807) is 0 Å². The molecule has 0 saturated carbocycles. The molecule has 112 valence electrons. The summed E-state index contributed by atoms with van der Waals surface area (Å²) in [6.07, 6.45) is 0. The third-order valence-electron chi connectivity index (χ3n) is 3.26. The molecule has 2 aromatic rings. The molecule has 2 rings (SSSR count). The van der Waals surface area contributed by atoms with E-state index in [1.165, 1.54) is 5.56 Å². The minimum atomic E-state index is 0.260. The highest BCUT2D eigenvalue weighted by molar-refractivity contribution is 6.37. The van der Waals surface area contributed by atoms with Crippen molar-refractivity contribution in [2.24, 2.45) is 0 Å². The maximum atomic E-state index is 6.21. The van der Waals surface area contributed by atoms with Crippen LogP contribution in [0, 0.1) is 0 Å². The van der Waals surface area contributed by atoms with Crippen LogP contribution in [-0.2, 0) is 6.54 Å². The van der Waals surface area contributed by atoms with Crippen molar-refractivity contribution in [2.75, 3.05) is 6.61 Å². The topological polar surface area (TPSA) is 21.3 Å². The van der Waals surface area contributed by atoms with Gasteiger partial charge in [0.2, 0.25) is 0 Å². The molecule has 0 amide bonds. The molecule has 0 aliphatic rings. The molecule has 0 aliphatic heterocycles. The molecule has 0 radical (unpaired) electrons. The Hall–Kier alpha value is -1.22. The van der Waals surface area contributed by atoms with Crippen molar-refractivity contribution in [1.82, 2.24) is 5.32 Å². The molecule has 0 aromatic heterocycles. The van der Waals surface area contributed by atoms with Gasteiger partial charge >= 0.3 is 0 Å².